The van der Waals surface area contributed by atoms with Crippen LogP contribution in [0.2, 0.25) is 0 Å². The Labute approximate surface area is 172 Å². The number of guanidine groups is 1. The molecule has 0 bridgehead atoms. The molecule has 1 unspecified atom stereocenters. The number of nitrogens with one attached hydrogen (secondary N) is 1. The van der Waals surface area contributed by atoms with Crippen LogP contribution >= 0.6 is 24.0 Å². The van der Waals surface area contributed by atoms with Gasteiger partial charge >= 0.3 is 5.97 Å². The van der Waals surface area contributed by atoms with Crippen molar-refractivity contribution in [2.45, 2.75) is 6.92 Å². The number of rotatable bonds is 5. The molecule has 0 amide bonds. The van der Waals surface area contributed by atoms with Gasteiger partial charge in [0.05, 0.1) is 25.8 Å². The summed E-state index contributed by atoms with van der Waals surface area (Å²) >= 11 is 0. The van der Waals surface area contributed by atoms with Crippen LogP contribution in [-0.4, -0.2) is 70.8 Å². The molecular formula is C18H29IN4O3. The number of benzene rings is 1. The highest BCUT2D eigenvalue weighted by Crippen LogP contribution is 2.28. The minimum absolute atomic E-state index is 0. The lowest BCUT2D eigenvalue weighted by Crippen LogP contribution is -2.53. The van der Waals surface area contributed by atoms with E-state index in [1.54, 1.807) is 14.2 Å². The summed E-state index contributed by atoms with van der Waals surface area (Å²) in [5.74, 6) is 1.28. The minimum atomic E-state index is -0.219. The fourth-order valence-corrected chi connectivity index (χ4v) is 2.91. The fourth-order valence-electron chi connectivity index (χ4n) is 2.91. The van der Waals surface area contributed by atoms with Crippen LogP contribution in [0.15, 0.2) is 29.3 Å². The first-order chi connectivity index (χ1) is 12.1. The van der Waals surface area contributed by atoms with E-state index in [0.717, 1.165) is 43.6 Å². The lowest BCUT2D eigenvalue weighted by atomic mass is 10.2. The minimum Gasteiger partial charge on any atom is -0.495 e. The van der Waals surface area contributed by atoms with Gasteiger partial charge in [-0.3, -0.25) is 9.79 Å². The summed E-state index contributed by atoms with van der Waals surface area (Å²) in [4.78, 5) is 20.4. The summed E-state index contributed by atoms with van der Waals surface area (Å²) < 4.78 is 10.2. The number of methoxy groups -OCH3 is 2. The van der Waals surface area contributed by atoms with Gasteiger partial charge in [-0.15, -0.1) is 24.0 Å². The number of anilines is 1. The number of piperazine rings is 1. The van der Waals surface area contributed by atoms with E-state index in [2.05, 4.69) is 26.2 Å². The number of halogens is 1. The van der Waals surface area contributed by atoms with E-state index in [4.69, 9.17) is 9.47 Å². The first-order valence-corrected chi connectivity index (χ1v) is 8.52. The summed E-state index contributed by atoms with van der Waals surface area (Å²) in [7, 11) is 4.87. The molecular weight excluding hydrogens is 447 g/mol. The number of para-hydroxylation sites is 2. The molecule has 1 aromatic rings. The quantitative estimate of drug-likeness (QED) is 0.303. The largest absolute Gasteiger partial charge is 0.495 e. The van der Waals surface area contributed by atoms with E-state index in [1.165, 1.54) is 7.11 Å². The zero-order valence-corrected chi connectivity index (χ0v) is 18.2. The molecule has 1 fully saturated rings. The van der Waals surface area contributed by atoms with E-state index < -0.39 is 0 Å². The molecule has 146 valence electrons. The van der Waals surface area contributed by atoms with E-state index >= 15 is 0 Å². The zero-order valence-electron chi connectivity index (χ0n) is 15.9. The van der Waals surface area contributed by atoms with Crippen molar-refractivity contribution in [3.8, 4) is 5.75 Å². The molecule has 0 aliphatic carbocycles. The maximum Gasteiger partial charge on any atom is 0.310 e. The Balaban J connectivity index is 0.00000338. The number of hydrogen-bond acceptors (Lipinski definition) is 5. The number of esters is 1. The van der Waals surface area contributed by atoms with Crippen LogP contribution in [0.4, 0.5) is 5.69 Å². The molecule has 8 heteroatoms. The van der Waals surface area contributed by atoms with Crippen LogP contribution in [0, 0.1) is 5.92 Å². The SMILES string of the molecule is CN=C(NCC(C)C(=O)OC)N1CCN(c2ccccc2OC)CC1.I. The molecule has 0 saturated carbocycles. The highest BCUT2D eigenvalue weighted by molar-refractivity contribution is 14.0. The molecule has 1 aliphatic heterocycles. The van der Waals surface area contributed by atoms with Crippen LogP contribution in [0.25, 0.3) is 0 Å². The highest BCUT2D eigenvalue weighted by atomic mass is 127. The summed E-state index contributed by atoms with van der Waals surface area (Å²) in [6, 6.07) is 8.07. The van der Waals surface area contributed by atoms with Gasteiger partial charge in [-0.2, -0.15) is 0 Å². The van der Waals surface area contributed by atoms with Crippen molar-refractivity contribution in [2.24, 2.45) is 10.9 Å². The van der Waals surface area contributed by atoms with Gasteiger partial charge in [0.1, 0.15) is 5.75 Å². The van der Waals surface area contributed by atoms with Crippen molar-refractivity contribution in [3.05, 3.63) is 24.3 Å². The highest BCUT2D eigenvalue weighted by Gasteiger charge is 2.22. The van der Waals surface area contributed by atoms with Crippen LogP contribution in [0.5, 0.6) is 5.75 Å². The average Bonchev–Trinajstić information content (AvgIpc) is 2.68. The molecule has 1 atom stereocenters. The Morgan fingerprint density at radius 1 is 1.23 bits per heavy atom. The Hall–Kier alpha value is -1.71. The predicted octanol–water partition coefficient (Wildman–Crippen LogP) is 1.82. The molecule has 7 nitrogen and oxygen atoms in total. The molecule has 2 rings (SSSR count). The molecule has 0 radical (unpaired) electrons. The van der Waals surface area contributed by atoms with Gasteiger partial charge in [-0.05, 0) is 12.1 Å². The van der Waals surface area contributed by atoms with Crippen LogP contribution in [0.3, 0.4) is 0 Å². The topological polar surface area (TPSA) is 66.4 Å². The smallest absolute Gasteiger partial charge is 0.310 e. The predicted molar refractivity (Wildman–Crippen MR) is 115 cm³/mol. The number of carbonyl (C=O) groups excluding carboxylic acids is 1. The first kappa shape index (κ1) is 22.3. The van der Waals surface area contributed by atoms with Crippen LogP contribution in [0.1, 0.15) is 6.92 Å². The maximum atomic E-state index is 11.5. The third-order valence-electron chi connectivity index (χ3n) is 4.39. The molecule has 1 saturated heterocycles. The van der Waals surface area contributed by atoms with Crippen molar-refractivity contribution in [3.63, 3.8) is 0 Å². The van der Waals surface area contributed by atoms with E-state index in [0.29, 0.717) is 6.54 Å². The third kappa shape index (κ3) is 5.65. The van der Waals surface area contributed by atoms with Gasteiger partial charge in [-0.1, -0.05) is 19.1 Å². The maximum absolute atomic E-state index is 11.5. The lowest BCUT2D eigenvalue weighted by Gasteiger charge is -2.38. The normalized spacial score (nSPS) is 15.8. The van der Waals surface area contributed by atoms with Gasteiger partial charge in [-0.25, -0.2) is 0 Å². The second kappa shape index (κ2) is 11.1. The summed E-state index contributed by atoms with van der Waals surface area (Å²) in [6.07, 6.45) is 0. The standard InChI is InChI=1S/C18H28N4O3.HI/c1-14(17(23)25-4)13-20-18(19-2)22-11-9-21(10-12-22)15-7-5-6-8-16(15)24-3;/h5-8,14H,9-13H2,1-4H3,(H,19,20);1H. The van der Waals surface area contributed by atoms with Crippen molar-refractivity contribution in [1.29, 1.82) is 0 Å². The Kier molecular flexibility index (Phi) is 9.53. The van der Waals surface area contributed by atoms with Gasteiger partial charge in [0.2, 0.25) is 0 Å². The average molecular weight is 476 g/mol. The van der Waals surface area contributed by atoms with Gasteiger partial charge in [0.25, 0.3) is 0 Å². The molecule has 1 heterocycles. The number of aliphatic imine (C=N–C) groups is 1. The fraction of sp³-hybridized carbons (Fsp3) is 0.556. The molecule has 1 aliphatic rings. The molecule has 26 heavy (non-hydrogen) atoms. The Morgan fingerprint density at radius 2 is 1.88 bits per heavy atom. The van der Waals surface area contributed by atoms with Crippen molar-refractivity contribution in [2.75, 3.05) is 58.9 Å². The van der Waals surface area contributed by atoms with Crippen LogP contribution in [-0.2, 0) is 9.53 Å². The van der Waals surface area contributed by atoms with E-state index in [9.17, 15) is 4.79 Å². The number of ether oxygens (including phenoxy) is 2. The zero-order chi connectivity index (χ0) is 18.2. The molecule has 1 N–H and O–H groups in total. The van der Waals surface area contributed by atoms with Crippen LogP contribution < -0.4 is 15.0 Å². The number of hydrogen-bond donors (Lipinski definition) is 1. The van der Waals surface area contributed by atoms with E-state index in [1.807, 2.05) is 25.1 Å². The third-order valence-corrected chi connectivity index (χ3v) is 4.39. The Morgan fingerprint density at radius 3 is 2.46 bits per heavy atom. The van der Waals surface area contributed by atoms with Crippen molar-refractivity contribution >= 4 is 41.6 Å². The molecule has 0 spiro atoms. The van der Waals surface area contributed by atoms with Crippen molar-refractivity contribution < 1.29 is 14.3 Å². The van der Waals surface area contributed by atoms with Crippen molar-refractivity contribution in [1.82, 2.24) is 10.2 Å². The molecule has 1 aromatic carbocycles. The van der Waals surface area contributed by atoms with Gasteiger partial charge in [0.15, 0.2) is 5.96 Å². The lowest BCUT2D eigenvalue weighted by molar-refractivity contribution is -0.144. The van der Waals surface area contributed by atoms with Gasteiger partial charge in [0, 0.05) is 39.8 Å². The Bertz CT molecular complexity index is 604. The summed E-state index contributed by atoms with van der Waals surface area (Å²) in [6.45, 7) is 5.81. The monoisotopic (exact) mass is 476 g/mol. The number of nitrogens with zero attached hydrogens (tertiary/aromatic N) is 3. The first-order valence-electron chi connectivity index (χ1n) is 8.52. The van der Waals surface area contributed by atoms with E-state index in [-0.39, 0.29) is 35.9 Å². The second-order valence-electron chi connectivity index (χ2n) is 6.00. The summed E-state index contributed by atoms with van der Waals surface area (Å²) in [5, 5.41) is 3.26. The second-order valence-corrected chi connectivity index (χ2v) is 6.00. The summed E-state index contributed by atoms with van der Waals surface area (Å²) in [5.41, 5.74) is 1.12. The van der Waals surface area contributed by atoms with Gasteiger partial charge < -0.3 is 24.6 Å². The number of carbonyl (C=O) groups is 1. The molecule has 0 aromatic heterocycles.